The number of halogens is 1. The number of hydrogen-bond donors (Lipinski definition) is 1. The predicted molar refractivity (Wildman–Crippen MR) is 80.1 cm³/mol. The van der Waals surface area contributed by atoms with Crippen molar-refractivity contribution in [2.24, 2.45) is 11.1 Å². The van der Waals surface area contributed by atoms with Crippen molar-refractivity contribution in [2.45, 2.75) is 50.9 Å². The van der Waals surface area contributed by atoms with Crippen LogP contribution >= 0.6 is 0 Å². The van der Waals surface area contributed by atoms with E-state index < -0.39 is 0 Å². The zero-order chi connectivity index (χ0) is 14.8. The number of benzene rings is 1. The maximum Gasteiger partial charge on any atom is 0.224 e. The number of carbonyl (C=O) groups is 1. The highest BCUT2D eigenvalue weighted by atomic mass is 19.1. The van der Waals surface area contributed by atoms with Crippen molar-refractivity contribution in [2.75, 3.05) is 0 Å². The van der Waals surface area contributed by atoms with Gasteiger partial charge < -0.3 is 5.73 Å². The number of nitrogens with two attached hydrogens (primary N) is 1. The Labute approximate surface area is 124 Å². The number of amides is 1. The van der Waals surface area contributed by atoms with Gasteiger partial charge in [-0.15, -0.1) is 0 Å². The van der Waals surface area contributed by atoms with E-state index in [1.807, 2.05) is 13.0 Å². The molecule has 1 aromatic rings. The molecule has 0 saturated heterocycles. The Bertz CT molecular complexity index is 693. The summed E-state index contributed by atoms with van der Waals surface area (Å²) in [5, 5.41) is 0. The molecule has 0 radical (unpaired) electrons. The van der Waals surface area contributed by atoms with E-state index in [0.717, 1.165) is 43.2 Å². The van der Waals surface area contributed by atoms with Crippen molar-refractivity contribution in [3.63, 3.8) is 0 Å². The molecule has 110 valence electrons. The number of carbonyl (C=O) groups excluding carboxylic acids is 1. The van der Waals surface area contributed by atoms with Crippen molar-refractivity contribution in [3.05, 3.63) is 40.2 Å². The van der Waals surface area contributed by atoms with Gasteiger partial charge in [-0.3, -0.25) is 4.79 Å². The van der Waals surface area contributed by atoms with Crippen LogP contribution in [0.4, 0.5) is 4.39 Å². The third-order valence-corrected chi connectivity index (χ3v) is 6.24. The molecule has 2 unspecified atom stereocenters. The second-order valence-electron chi connectivity index (χ2n) is 7.04. The van der Waals surface area contributed by atoms with E-state index >= 15 is 0 Å². The number of fused-ring (bicyclic) bond motifs is 2. The summed E-state index contributed by atoms with van der Waals surface area (Å²) in [5.41, 5.74) is 9.43. The molecule has 3 heteroatoms. The first-order chi connectivity index (χ1) is 10.0. The fraction of sp³-hybridized carbons (Fsp3) is 0.500. The average molecular weight is 285 g/mol. The lowest BCUT2D eigenvalue weighted by molar-refractivity contribution is -0.138. The van der Waals surface area contributed by atoms with Crippen LogP contribution in [0.25, 0.3) is 6.08 Å². The fourth-order valence-corrected chi connectivity index (χ4v) is 5.13. The van der Waals surface area contributed by atoms with E-state index in [2.05, 4.69) is 6.08 Å². The van der Waals surface area contributed by atoms with Gasteiger partial charge in [0.15, 0.2) is 0 Å². The molecule has 3 aliphatic carbocycles. The Hall–Kier alpha value is -1.64. The maximum absolute atomic E-state index is 14.1. The van der Waals surface area contributed by atoms with Gasteiger partial charge in [-0.25, -0.2) is 4.39 Å². The Morgan fingerprint density at radius 1 is 1.24 bits per heavy atom. The number of primary amides is 1. The second-order valence-corrected chi connectivity index (χ2v) is 7.04. The molecular formula is C18H20FNO. The fourth-order valence-electron chi connectivity index (χ4n) is 5.13. The van der Waals surface area contributed by atoms with E-state index in [-0.39, 0.29) is 22.6 Å². The van der Waals surface area contributed by atoms with Crippen LogP contribution in [-0.2, 0) is 16.6 Å². The van der Waals surface area contributed by atoms with Crippen LogP contribution < -0.4 is 5.73 Å². The molecule has 1 aromatic carbocycles. The van der Waals surface area contributed by atoms with Gasteiger partial charge in [0.25, 0.3) is 0 Å². The van der Waals surface area contributed by atoms with Gasteiger partial charge in [-0.05, 0) is 61.8 Å². The van der Waals surface area contributed by atoms with E-state index in [4.69, 9.17) is 5.73 Å². The minimum atomic E-state index is -0.386. The van der Waals surface area contributed by atoms with Gasteiger partial charge in [0.1, 0.15) is 5.82 Å². The van der Waals surface area contributed by atoms with Crippen LogP contribution in [0.3, 0.4) is 0 Å². The second kappa shape index (κ2) is 3.96. The first-order valence-corrected chi connectivity index (χ1v) is 7.79. The molecule has 2 atom stereocenters. The molecule has 0 bridgehead atoms. The normalized spacial score (nSPS) is 33.1. The topological polar surface area (TPSA) is 43.1 Å². The Balaban J connectivity index is 1.93. The van der Waals surface area contributed by atoms with Crippen molar-refractivity contribution < 1.29 is 9.18 Å². The molecule has 0 heterocycles. The SMILES string of the molecule is CC1=Cc2c(C34CCCC3(C(N)=O)CC4)ccc(F)c2C1. The smallest absolute Gasteiger partial charge is 0.224 e. The van der Waals surface area contributed by atoms with Gasteiger partial charge in [0, 0.05) is 5.41 Å². The average Bonchev–Trinajstić information content (AvgIpc) is 2.91. The van der Waals surface area contributed by atoms with Crippen LogP contribution in [0.15, 0.2) is 17.7 Å². The molecule has 2 nitrogen and oxygen atoms in total. The highest BCUT2D eigenvalue weighted by Gasteiger charge is 2.66. The summed E-state index contributed by atoms with van der Waals surface area (Å²) in [5.74, 6) is -0.289. The highest BCUT2D eigenvalue weighted by molar-refractivity contribution is 5.86. The Morgan fingerprint density at radius 3 is 2.71 bits per heavy atom. The molecule has 3 aliphatic rings. The van der Waals surface area contributed by atoms with Crippen LogP contribution in [0.2, 0.25) is 0 Å². The number of hydrogen-bond acceptors (Lipinski definition) is 1. The summed E-state index contributed by atoms with van der Waals surface area (Å²) in [6, 6.07) is 3.49. The van der Waals surface area contributed by atoms with Crippen molar-refractivity contribution in [1.82, 2.24) is 0 Å². The van der Waals surface area contributed by atoms with Crippen molar-refractivity contribution in [1.29, 1.82) is 0 Å². The summed E-state index contributed by atoms with van der Waals surface area (Å²) in [4.78, 5) is 12.1. The Morgan fingerprint density at radius 2 is 2.05 bits per heavy atom. The van der Waals surface area contributed by atoms with Crippen molar-refractivity contribution >= 4 is 12.0 Å². The van der Waals surface area contributed by atoms with E-state index in [1.165, 1.54) is 11.1 Å². The summed E-state index contributed by atoms with van der Waals surface area (Å²) in [6.45, 7) is 2.04. The Kier molecular flexibility index (Phi) is 2.46. The third-order valence-electron chi connectivity index (χ3n) is 6.24. The summed E-state index contributed by atoms with van der Waals surface area (Å²) in [6.07, 6.45) is 7.60. The molecule has 2 N–H and O–H groups in total. The predicted octanol–water partition coefficient (Wildman–Crippen LogP) is 3.47. The standard InChI is InChI=1S/C18H20FNO/c1-11-9-12-13(10-11)15(19)4-3-14(12)17-5-2-6-18(17,8-7-17)16(20)21/h3-4,9H,2,5-8,10H2,1H3,(H2,20,21). The summed E-state index contributed by atoms with van der Waals surface area (Å²) < 4.78 is 14.1. The zero-order valence-electron chi connectivity index (χ0n) is 12.3. The highest BCUT2D eigenvalue weighted by Crippen LogP contribution is 2.68. The largest absolute Gasteiger partial charge is 0.369 e. The third kappa shape index (κ3) is 1.39. The van der Waals surface area contributed by atoms with Crippen LogP contribution in [0, 0.1) is 11.2 Å². The quantitative estimate of drug-likeness (QED) is 0.888. The van der Waals surface area contributed by atoms with Gasteiger partial charge >= 0.3 is 0 Å². The maximum atomic E-state index is 14.1. The minimum absolute atomic E-state index is 0.125. The van der Waals surface area contributed by atoms with E-state index in [1.54, 1.807) is 6.07 Å². The summed E-state index contributed by atoms with van der Waals surface area (Å²) >= 11 is 0. The molecule has 0 aliphatic heterocycles. The van der Waals surface area contributed by atoms with Gasteiger partial charge in [0.2, 0.25) is 5.91 Å². The first-order valence-electron chi connectivity index (χ1n) is 7.79. The lowest BCUT2D eigenvalue weighted by atomic mass is 9.47. The molecule has 2 fully saturated rings. The van der Waals surface area contributed by atoms with Gasteiger partial charge in [-0.1, -0.05) is 24.1 Å². The molecule has 4 rings (SSSR count). The molecule has 21 heavy (non-hydrogen) atoms. The molecule has 2 saturated carbocycles. The van der Waals surface area contributed by atoms with Crippen LogP contribution in [-0.4, -0.2) is 5.91 Å². The monoisotopic (exact) mass is 285 g/mol. The summed E-state index contributed by atoms with van der Waals surface area (Å²) in [7, 11) is 0. The van der Waals surface area contributed by atoms with E-state index in [9.17, 15) is 9.18 Å². The zero-order valence-corrected chi connectivity index (χ0v) is 12.3. The van der Waals surface area contributed by atoms with Crippen molar-refractivity contribution in [3.8, 4) is 0 Å². The molecule has 0 aromatic heterocycles. The molecule has 0 spiro atoms. The van der Waals surface area contributed by atoms with Crippen LogP contribution in [0.1, 0.15) is 55.7 Å². The lowest BCUT2D eigenvalue weighted by Crippen LogP contribution is -2.58. The molecular weight excluding hydrogens is 265 g/mol. The number of rotatable bonds is 2. The van der Waals surface area contributed by atoms with Crippen LogP contribution in [0.5, 0.6) is 0 Å². The molecule has 1 amide bonds. The van der Waals surface area contributed by atoms with Gasteiger partial charge in [-0.2, -0.15) is 0 Å². The minimum Gasteiger partial charge on any atom is -0.369 e. The first kappa shape index (κ1) is 13.1. The lowest BCUT2D eigenvalue weighted by Gasteiger charge is -2.54. The van der Waals surface area contributed by atoms with Gasteiger partial charge in [0.05, 0.1) is 5.41 Å². The number of allylic oxidation sites excluding steroid dienone is 1. The van der Waals surface area contributed by atoms with E-state index in [0.29, 0.717) is 6.42 Å².